The molecule has 1 rings (SSSR count). The van der Waals surface area contributed by atoms with Crippen molar-refractivity contribution in [1.29, 1.82) is 0 Å². The van der Waals surface area contributed by atoms with Gasteiger partial charge in [-0.2, -0.15) is 13.2 Å². The Labute approximate surface area is 85.3 Å². The lowest BCUT2D eigenvalue weighted by molar-refractivity contribution is -0.207. The summed E-state index contributed by atoms with van der Waals surface area (Å²) in [6.07, 6.45) is -7.19. The van der Waals surface area contributed by atoms with Gasteiger partial charge in [-0.1, -0.05) is 12.1 Å². The minimum atomic E-state index is -4.68. The lowest BCUT2D eigenvalue weighted by Crippen LogP contribution is -2.21. The van der Waals surface area contributed by atoms with Crippen molar-refractivity contribution in [1.82, 2.24) is 0 Å². The predicted octanol–water partition coefficient (Wildman–Crippen LogP) is 2.60. The normalized spacial score (nSPS) is 13.7. The molecule has 0 radical (unpaired) electrons. The Hall–Kier alpha value is -1.23. The minimum Gasteiger partial charge on any atom is -0.496 e. The summed E-state index contributed by atoms with van der Waals surface area (Å²) < 4.78 is 41.8. The number of hydrogen-bond acceptors (Lipinski definition) is 2. The van der Waals surface area contributed by atoms with Gasteiger partial charge in [-0.15, -0.1) is 0 Å². The topological polar surface area (TPSA) is 29.5 Å². The van der Waals surface area contributed by atoms with Gasteiger partial charge in [-0.05, 0) is 18.6 Å². The van der Waals surface area contributed by atoms with Crippen LogP contribution in [0.3, 0.4) is 0 Å². The van der Waals surface area contributed by atoms with Crippen LogP contribution in [0.15, 0.2) is 18.2 Å². The zero-order valence-corrected chi connectivity index (χ0v) is 8.30. The van der Waals surface area contributed by atoms with Crippen LogP contribution < -0.4 is 4.74 Å². The van der Waals surface area contributed by atoms with Gasteiger partial charge in [-0.3, -0.25) is 0 Å². The Morgan fingerprint density at radius 1 is 1.33 bits per heavy atom. The van der Waals surface area contributed by atoms with Gasteiger partial charge >= 0.3 is 6.18 Å². The highest BCUT2D eigenvalue weighted by Crippen LogP contribution is 2.38. The van der Waals surface area contributed by atoms with E-state index in [0.717, 1.165) is 0 Å². The third-order valence-corrected chi connectivity index (χ3v) is 2.09. The van der Waals surface area contributed by atoms with Crippen LogP contribution >= 0.6 is 0 Å². The molecule has 1 atom stereocenters. The second-order valence-corrected chi connectivity index (χ2v) is 3.13. The lowest BCUT2D eigenvalue weighted by atomic mass is 10.0. The van der Waals surface area contributed by atoms with Crippen LogP contribution in [0.4, 0.5) is 13.2 Å². The van der Waals surface area contributed by atoms with Crippen LogP contribution in [0, 0.1) is 6.92 Å². The number of aliphatic hydroxyl groups is 1. The second kappa shape index (κ2) is 4.10. The summed E-state index contributed by atoms with van der Waals surface area (Å²) in [6, 6.07) is 4.45. The number of ether oxygens (including phenoxy) is 1. The molecule has 0 bridgehead atoms. The van der Waals surface area contributed by atoms with Crippen molar-refractivity contribution in [2.75, 3.05) is 7.11 Å². The highest BCUT2D eigenvalue weighted by Gasteiger charge is 2.41. The summed E-state index contributed by atoms with van der Waals surface area (Å²) >= 11 is 0. The van der Waals surface area contributed by atoms with Crippen LogP contribution in [0.5, 0.6) is 5.75 Å². The Morgan fingerprint density at radius 3 is 2.40 bits per heavy atom. The maximum Gasteiger partial charge on any atom is 0.418 e. The molecule has 0 saturated heterocycles. The fourth-order valence-electron chi connectivity index (χ4n) is 1.35. The predicted molar refractivity (Wildman–Crippen MR) is 48.7 cm³/mol. The number of alkyl halides is 3. The highest BCUT2D eigenvalue weighted by atomic mass is 19.4. The quantitative estimate of drug-likeness (QED) is 0.830. The van der Waals surface area contributed by atoms with E-state index in [-0.39, 0.29) is 11.3 Å². The van der Waals surface area contributed by atoms with Gasteiger partial charge in [0.05, 0.1) is 7.11 Å². The SMILES string of the molecule is COc1cccc(C)c1[C@H](O)C(F)(F)F. The number of hydrogen-bond donors (Lipinski definition) is 1. The van der Waals surface area contributed by atoms with Gasteiger partial charge in [0.2, 0.25) is 0 Å². The smallest absolute Gasteiger partial charge is 0.418 e. The van der Waals surface area contributed by atoms with E-state index in [0.29, 0.717) is 5.56 Å². The number of aliphatic hydroxyl groups excluding tert-OH is 1. The van der Waals surface area contributed by atoms with E-state index in [1.165, 1.54) is 26.2 Å². The summed E-state index contributed by atoms with van der Waals surface area (Å²) in [6.45, 7) is 1.49. The number of aryl methyl sites for hydroxylation is 1. The van der Waals surface area contributed by atoms with Crippen molar-refractivity contribution in [3.63, 3.8) is 0 Å². The molecule has 1 N–H and O–H groups in total. The summed E-state index contributed by atoms with van der Waals surface area (Å²) in [5.41, 5.74) is 0.117. The Kier molecular flexibility index (Phi) is 3.24. The largest absolute Gasteiger partial charge is 0.496 e. The molecule has 0 aliphatic heterocycles. The van der Waals surface area contributed by atoms with Gasteiger partial charge in [-0.25, -0.2) is 0 Å². The van der Waals surface area contributed by atoms with Crippen molar-refractivity contribution in [3.8, 4) is 5.75 Å². The van der Waals surface area contributed by atoms with E-state index in [4.69, 9.17) is 9.84 Å². The third-order valence-electron chi connectivity index (χ3n) is 2.09. The maximum atomic E-state index is 12.3. The van der Waals surface area contributed by atoms with E-state index < -0.39 is 12.3 Å². The molecule has 1 aromatic rings. The molecule has 0 aromatic heterocycles. The lowest BCUT2D eigenvalue weighted by Gasteiger charge is -2.19. The number of halogens is 3. The molecule has 0 heterocycles. The first-order valence-corrected chi connectivity index (χ1v) is 4.26. The molecule has 15 heavy (non-hydrogen) atoms. The van der Waals surface area contributed by atoms with Gasteiger partial charge in [0.1, 0.15) is 5.75 Å². The minimum absolute atomic E-state index is 0.0415. The summed E-state index contributed by atoms with van der Waals surface area (Å²) in [5.74, 6) is 0.0415. The molecule has 0 saturated carbocycles. The molecular formula is C10H11F3O2. The van der Waals surface area contributed by atoms with Crippen molar-refractivity contribution in [3.05, 3.63) is 29.3 Å². The first-order valence-electron chi connectivity index (χ1n) is 4.26. The Bertz CT molecular complexity index is 347. The molecule has 1 aromatic carbocycles. The average molecular weight is 220 g/mol. The van der Waals surface area contributed by atoms with Crippen molar-refractivity contribution in [2.24, 2.45) is 0 Å². The molecule has 0 spiro atoms. The standard InChI is InChI=1S/C10H11F3O2/c1-6-4-3-5-7(15-2)8(6)9(14)10(11,12)13/h3-5,9,14H,1-2H3/t9-/m0/s1. The van der Waals surface area contributed by atoms with Crippen molar-refractivity contribution < 1.29 is 23.0 Å². The fraction of sp³-hybridized carbons (Fsp3) is 0.400. The van der Waals surface area contributed by atoms with E-state index in [2.05, 4.69) is 0 Å². The van der Waals surface area contributed by atoms with Crippen LogP contribution in [-0.4, -0.2) is 18.4 Å². The van der Waals surface area contributed by atoms with Crippen LogP contribution in [0.1, 0.15) is 17.2 Å². The molecule has 0 amide bonds. The van der Waals surface area contributed by atoms with E-state index in [1.807, 2.05) is 0 Å². The third kappa shape index (κ3) is 2.41. The average Bonchev–Trinajstić information content (AvgIpc) is 2.15. The Morgan fingerprint density at radius 2 is 1.93 bits per heavy atom. The maximum absolute atomic E-state index is 12.3. The first-order chi connectivity index (χ1) is 6.88. The van der Waals surface area contributed by atoms with E-state index >= 15 is 0 Å². The van der Waals surface area contributed by atoms with Gasteiger partial charge in [0, 0.05) is 5.56 Å². The van der Waals surface area contributed by atoms with Gasteiger partial charge in [0.15, 0.2) is 6.10 Å². The summed E-state index contributed by atoms with van der Waals surface area (Å²) in [5, 5.41) is 9.14. The summed E-state index contributed by atoms with van der Waals surface area (Å²) in [4.78, 5) is 0. The zero-order valence-electron chi connectivity index (χ0n) is 8.30. The fourth-order valence-corrected chi connectivity index (χ4v) is 1.35. The zero-order chi connectivity index (χ0) is 11.6. The molecule has 5 heteroatoms. The number of benzene rings is 1. The molecule has 0 aliphatic rings. The summed E-state index contributed by atoms with van der Waals surface area (Å²) in [7, 11) is 1.27. The second-order valence-electron chi connectivity index (χ2n) is 3.13. The first kappa shape index (κ1) is 11.8. The van der Waals surface area contributed by atoms with Crippen LogP contribution in [0.2, 0.25) is 0 Å². The van der Waals surface area contributed by atoms with Gasteiger partial charge < -0.3 is 9.84 Å². The molecular weight excluding hydrogens is 209 g/mol. The van der Waals surface area contributed by atoms with Gasteiger partial charge in [0.25, 0.3) is 0 Å². The van der Waals surface area contributed by atoms with Crippen LogP contribution in [-0.2, 0) is 0 Å². The molecule has 84 valence electrons. The highest BCUT2D eigenvalue weighted by molar-refractivity contribution is 5.41. The Balaban J connectivity index is 3.23. The number of rotatable bonds is 2. The molecule has 0 unspecified atom stereocenters. The molecule has 2 nitrogen and oxygen atoms in total. The van der Waals surface area contributed by atoms with Crippen molar-refractivity contribution >= 4 is 0 Å². The van der Waals surface area contributed by atoms with E-state index in [1.54, 1.807) is 6.07 Å². The molecule has 0 aliphatic carbocycles. The van der Waals surface area contributed by atoms with E-state index in [9.17, 15) is 13.2 Å². The monoisotopic (exact) mass is 220 g/mol. The number of methoxy groups -OCH3 is 1. The molecule has 0 fully saturated rings. The van der Waals surface area contributed by atoms with Crippen LogP contribution in [0.25, 0.3) is 0 Å². The van der Waals surface area contributed by atoms with Crippen molar-refractivity contribution in [2.45, 2.75) is 19.2 Å².